The van der Waals surface area contributed by atoms with Gasteiger partial charge in [0.25, 0.3) is 0 Å². The number of aromatic nitrogens is 1. The van der Waals surface area contributed by atoms with Gasteiger partial charge in [0, 0.05) is 6.92 Å². The van der Waals surface area contributed by atoms with Crippen LogP contribution in [0.3, 0.4) is 0 Å². The second-order valence-corrected chi connectivity index (χ2v) is 6.38. The topological polar surface area (TPSA) is 63.8 Å². The summed E-state index contributed by atoms with van der Waals surface area (Å²) in [4.78, 5) is 16.0. The van der Waals surface area contributed by atoms with E-state index in [2.05, 4.69) is 4.99 Å². The summed E-state index contributed by atoms with van der Waals surface area (Å²) in [5, 5.41) is 10.3. The Kier molecular flexibility index (Phi) is 5.08. The molecule has 0 bridgehead atoms. The maximum Gasteiger partial charge on any atom is 0.245 e. The number of hydrogen-bond acceptors (Lipinski definition) is 4. The minimum atomic E-state index is -0.714. The van der Waals surface area contributed by atoms with Crippen LogP contribution in [-0.4, -0.2) is 28.3 Å². The average Bonchev–Trinajstić information content (AvgIpc) is 2.91. The van der Waals surface area contributed by atoms with Crippen molar-refractivity contribution < 1.29 is 14.6 Å². The van der Waals surface area contributed by atoms with Gasteiger partial charge in [-0.05, 0) is 24.3 Å². The number of nitrogens with zero attached hydrogens (tertiary/aromatic N) is 2. The van der Waals surface area contributed by atoms with Gasteiger partial charge in [0.15, 0.2) is 4.80 Å². The first-order valence-corrected chi connectivity index (χ1v) is 8.45. The van der Waals surface area contributed by atoms with Crippen molar-refractivity contribution >= 4 is 27.5 Å². The zero-order chi connectivity index (χ0) is 16.9. The molecule has 0 aliphatic rings. The summed E-state index contributed by atoms with van der Waals surface area (Å²) in [7, 11) is 0. The lowest BCUT2D eigenvalue weighted by molar-refractivity contribution is -0.116. The van der Waals surface area contributed by atoms with E-state index in [9.17, 15) is 9.90 Å². The van der Waals surface area contributed by atoms with E-state index in [4.69, 9.17) is 4.74 Å². The van der Waals surface area contributed by atoms with Gasteiger partial charge in [0.1, 0.15) is 18.5 Å². The third-order valence-corrected chi connectivity index (χ3v) is 4.48. The fraction of sp³-hybridized carbons (Fsp3) is 0.222. The molecule has 124 valence electrons. The van der Waals surface area contributed by atoms with Crippen molar-refractivity contribution in [2.45, 2.75) is 19.6 Å². The molecule has 1 N–H and O–H groups in total. The fourth-order valence-corrected chi connectivity index (χ4v) is 3.47. The second-order valence-electron chi connectivity index (χ2n) is 5.37. The Morgan fingerprint density at radius 2 is 1.92 bits per heavy atom. The summed E-state index contributed by atoms with van der Waals surface area (Å²) in [6.07, 6.45) is -0.714. The molecule has 0 spiro atoms. The molecule has 0 aliphatic carbocycles. The van der Waals surface area contributed by atoms with Crippen molar-refractivity contribution in [3.05, 3.63) is 59.4 Å². The predicted octanol–water partition coefficient (Wildman–Crippen LogP) is 2.59. The molecule has 5 nitrogen and oxygen atoms in total. The number of ether oxygens (including phenoxy) is 1. The normalized spacial score (nSPS) is 13.2. The van der Waals surface area contributed by atoms with Crippen LogP contribution in [0.15, 0.2) is 59.6 Å². The highest BCUT2D eigenvalue weighted by Crippen LogP contribution is 2.17. The number of carbonyl (C=O) groups excluding carboxylic acids is 1. The predicted molar refractivity (Wildman–Crippen MR) is 94.0 cm³/mol. The highest BCUT2D eigenvalue weighted by Gasteiger charge is 2.12. The van der Waals surface area contributed by atoms with Gasteiger partial charge in [-0.15, -0.1) is 0 Å². The van der Waals surface area contributed by atoms with Gasteiger partial charge in [-0.1, -0.05) is 41.7 Å². The van der Waals surface area contributed by atoms with E-state index in [0.717, 1.165) is 10.2 Å². The summed E-state index contributed by atoms with van der Waals surface area (Å²) in [5.41, 5.74) is 0.946. The van der Waals surface area contributed by atoms with Crippen LogP contribution in [0.5, 0.6) is 5.75 Å². The van der Waals surface area contributed by atoms with Gasteiger partial charge in [-0.25, -0.2) is 0 Å². The van der Waals surface area contributed by atoms with Crippen molar-refractivity contribution in [2.75, 3.05) is 6.61 Å². The largest absolute Gasteiger partial charge is 0.491 e. The number of rotatable bonds is 5. The van der Waals surface area contributed by atoms with Crippen LogP contribution < -0.4 is 9.54 Å². The molecule has 0 saturated carbocycles. The van der Waals surface area contributed by atoms with Gasteiger partial charge in [0.05, 0.1) is 16.8 Å². The Morgan fingerprint density at radius 1 is 1.21 bits per heavy atom. The monoisotopic (exact) mass is 342 g/mol. The minimum absolute atomic E-state index is 0.167. The maximum atomic E-state index is 11.4. The molecule has 0 saturated heterocycles. The Labute approximate surface area is 143 Å². The van der Waals surface area contributed by atoms with Crippen molar-refractivity contribution in [1.29, 1.82) is 0 Å². The summed E-state index contributed by atoms with van der Waals surface area (Å²) in [6.45, 7) is 1.90. The molecule has 1 atom stereocenters. The SMILES string of the molecule is CC(=O)N=c1sc2ccccc2n1C[C@H](O)COc1ccccc1. The first kappa shape index (κ1) is 16.4. The summed E-state index contributed by atoms with van der Waals surface area (Å²) < 4.78 is 8.48. The van der Waals surface area contributed by atoms with Crippen LogP contribution in [0.2, 0.25) is 0 Å². The quantitative estimate of drug-likeness (QED) is 0.775. The molecular weight excluding hydrogens is 324 g/mol. The third kappa shape index (κ3) is 3.90. The highest BCUT2D eigenvalue weighted by atomic mass is 32.1. The van der Waals surface area contributed by atoms with E-state index in [1.54, 1.807) is 0 Å². The Hall–Kier alpha value is -2.44. The number of fused-ring (bicyclic) bond motifs is 1. The molecule has 0 aliphatic heterocycles. The zero-order valence-corrected chi connectivity index (χ0v) is 14.1. The lowest BCUT2D eigenvalue weighted by Crippen LogP contribution is -2.28. The summed E-state index contributed by atoms with van der Waals surface area (Å²) >= 11 is 1.43. The summed E-state index contributed by atoms with van der Waals surface area (Å²) in [6, 6.07) is 17.2. The van der Waals surface area contributed by atoms with Crippen LogP contribution in [0, 0.1) is 0 Å². The molecule has 0 unspecified atom stereocenters. The van der Waals surface area contributed by atoms with Gasteiger partial charge >= 0.3 is 0 Å². The van der Waals surface area contributed by atoms with Crippen molar-refractivity contribution in [1.82, 2.24) is 4.57 Å². The maximum absolute atomic E-state index is 11.4. The Bertz CT molecular complexity index is 899. The summed E-state index contributed by atoms with van der Waals surface area (Å²) in [5.74, 6) is 0.454. The van der Waals surface area contributed by atoms with Gasteiger partial charge in [-0.3, -0.25) is 4.79 Å². The van der Waals surface area contributed by atoms with Gasteiger partial charge < -0.3 is 14.4 Å². The van der Waals surface area contributed by atoms with E-state index in [1.165, 1.54) is 18.3 Å². The molecule has 1 heterocycles. The number of hydrogen-bond donors (Lipinski definition) is 1. The highest BCUT2D eigenvalue weighted by molar-refractivity contribution is 7.16. The van der Waals surface area contributed by atoms with Crippen molar-refractivity contribution in [3.8, 4) is 5.75 Å². The van der Waals surface area contributed by atoms with E-state index in [0.29, 0.717) is 17.1 Å². The average molecular weight is 342 g/mol. The lowest BCUT2D eigenvalue weighted by Gasteiger charge is -2.14. The van der Waals surface area contributed by atoms with Crippen LogP contribution in [0.1, 0.15) is 6.92 Å². The van der Waals surface area contributed by atoms with E-state index in [1.807, 2.05) is 59.2 Å². The number of carbonyl (C=O) groups is 1. The van der Waals surface area contributed by atoms with Gasteiger partial charge in [-0.2, -0.15) is 4.99 Å². The molecule has 3 aromatic rings. The Morgan fingerprint density at radius 3 is 2.67 bits per heavy atom. The smallest absolute Gasteiger partial charge is 0.245 e. The molecule has 0 radical (unpaired) electrons. The minimum Gasteiger partial charge on any atom is -0.491 e. The van der Waals surface area contributed by atoms with Crippen molar-refractivity contribution in [3.63, 3.8) is 0 Å². The molecule has 1 amide bonds. The van der Waals surface area contributed by atoms with Crippen LogP contribution >= 0.6 is 11.3 Å². The fourth-order valence-electron chi connectivity index (χ4n) is 2.39. The first-order chi connectivity index (χ1) is 11.6. The number of para-hydroxylation sites is 2. The van der Waals surface area contributed by atoms with Gasteiger partial charge in [0.2, 0.25) is 5.91 Å². The number of thiazole rings is 1. The molecule has 0 fully saturated rings. The van der Waals surface area contributed by atoms with Crippen LogP contribution in [-0.2, 0) is 11.3 Å². The number of amides is 1. The molecule has 1 aromatic heterocycles. The first-order valence-electron chi connectivity index (χ1n) is 7.63. The third-order valence-electron chi connectivity index (χ3n) is 3.42. The molecular formula is C18H18N2O3S. The van der Waals surface area contributed by atoms with Crippen molar-refractivity contribution in [2.24, 2.45) is 4.99 Å². The molecule has 2 aromatic carbocycles. The number of aliphatic hydroxyl groups is 1. The number of benzene rings is 2. The number of aliphatic hydroxyl groups excluding tert-OH is 1. The zero-order valence-electron chi connectivity index (χ0n) is 13.3. The molecule has 6 heteroatoms. The second kappa shape index (κ2) is 7.42. The lowest BCUT2D eigenvalue weighted by atomic mass is 10.3. The van der Waals surface area contributed by atoms with Crippen LogP contribution in [0.25, 0.3) is 10.2 Å². The standard InChI is InChI=1S/C18H18N2O3S/c1-13(21)19-18-20(16-9-5-6-10-17(16)24-18)11-14(22)12-23-15-7-3-2-4-8-15/h2-10,14,22H,11-12H2,1H3/t14-/m0/s1. The van der Waals surface area contributed by atoms with E-state index < -0.39 is 6.10 Å². The Balaban J connectivity index is 1.82. The molecule has 3 rings (SSSR count). The van der Waals surface area contributed by atoms with E-state index >= 15 is 0 Å². The van der Waals surface area contributed by atoms with E-state index in [-0.39, 0.29) is 12.5 Å². The molecule has 24 heavy (non-hydrogen) atoms. The van der Waals surface area contributed by atoms with Crippen LogP contribution in [0.4, 0.5) is 0 Å².